The van der Waals surface area contributed by atoms with Crippen LogP contribution in [-0.4, -0.2) is 30.4 Å². The second-order valence-corrected chi connectivity index (χ2v) is 5.27. The third-order valence-electron chi connectivity index (χ3n) is 1.55. The maximum Gasteiger partial charge on any atom is 0.280 e. The van der Waals surface area contributed by atoms with Gasteiger partial charge in [-0.2, -0.15) is 5.26 Å². The number of rotatable bonds is 4. The molecule has 1 N–H and O–H groups in total. The van der Waals surface area contributed by atoms with E-state index in [0.29, 0.717) is 0 Å². The molecule has 9 heteroatoms. The molecule has 0 aliphatic rings. The number of carbonyl (C=O) groups is 1. The maximum atomic E-state index is 11.1. The standard InChI is InChI=1S/C7H7ClN4O3S/c8-16(14,15)7-4-12(5-11-7)3-6(13)10-2-1-9/h4-5H,2-3H2,(H,10,13). The van der Waals surface area contributed by atoms with Gasteiger partial charge in [0.2, 0.25) is 5.91 Å². The lowest BCUT2D eigenvalue weighted by Gasteiger charge is -2.00. The molecule has 7 nitrogen and oxygen atoms in total. The molecular weight excluding hydrogens is 256 g/mol. The van der Waals surface area contributed by atoms with Gasteiger partial charge in [0, 0.05) is 16.9 Å². The summed E-state index contributed by atoms with van der Waals surface area (Å²) in [5.74, 6) is -0.419. The van der Waals surface area contributed by atoms with Crippen molar-refractivity contribution < 1.29 is 13.2 Å². The second-order valence-electron chi connectivity index (χ2n) is 2.76. The number of halogens is 1. The molecule has 0 bridgehead atoms. The van der Waals surface area contributed by atoms with E-state index in [4.69, 9.17) is 15.9 Å². The number of hydrogen-bond acceptors (Lipinski definition) is 5. The fourth-order valence-electron chi connectivity index (χ4n) is 0.912. The second kappa shape index (κ2) is 4.96. The van der Waals surface area contributed by atoms with Gasteiger partial charge in [0.1, 0.15) is 13.1 Å². The van der Waals surface area contributed by atoms with Gasteiger partial charge in [-0.05, 0) is 0 Å². The first-order valence-corrected chi connectivity index (χ1v) is 6.34. The van der Waals surface area contributed by atoms with E-state index in [0.717, 1.165) is 6.20 Å². The summed E-state index contributed by atoms with van der Waals surface area (Å²) in [6.07, 6.45) is 2.30. The SMILES string of the molecule is N#CCNC(=O)Cn1cnc(S(=O)(=O)Cl)c1. The van der Waals surface area contributed by atoms with Gasteiger partial charge in [-0.3, -0.25) is 4.79 Å². The van der Waals surface area contributed by atoms with E-state index in [9.17, 15) is 13.2 Å². The molecule has 0 saturated carbocycles. The van der Waals surface area contributed by atoms with Crippen molar-refractivity contribution in [3.05, 3.63) is 12.5 Å². The number of aromatic nitrogens is 2. The van der Waals surface area contributed by atoms with Gasteiger partial charge >= 0.3 is 0 Å². The van der Waals surface area contributed by atoms with E-state index in [1.807, 2.05) is 0 Å². The third-order valence-corrected chi connectivity index (χ3v) is 2.73. The number of nitrogens with one attached hydrogen (secondary N) is 1. The van der Waals surface area contributed by atoms with Gasteiger partial charge in [0.25, 0.3) is 9.05 Å². The molecule has 0 saturated heterocycles. The minimum atomic E-state index is -3.88. The Kier molecular flexibility index (Phi) is 3.87. The lowest BCUT2D eigenvalue weighted by molar-refractivity contribution is -0.121. The van der Waals surface area contributed by atoms with Crippen LogP contribution in [0.5, 0.6) is 0 Å². The molecule has 1 heterocycles. The van der Waals surface area contributed by atoms with E-state index < -0.39 is 15.0 Å². The highest BCUT2D eigenvalue weighted by Crippen LogP contribution is 2.10. The van der Waals surface area contributed by atoms with E-state index in [1.54, 1.807) is 6.07 Å². The molecule has 1 aromatic heterocycles. The number of imidazole rings is 1. The van der Waals surface area contributed by atoms with Gasteiger partial charge in [-0.15, -0.1) is 0 Å². The van der Waals surface area contributed by atoms with Gasteiger partial charge in [0.15, 0.2) is 5.03 Å². The Morgan fingerprint density at radius 1 is 1.69 bits per heavy atom. The van der Waals surface area contributed by atoms with Crippen LogP contribution in [-0.2, 0) is 20.4 Å². The first-order chi connectivity index (χ1) is 7.43. The van der Waals surface area contributed by atoms with Gasteiger partial charge in [0.05, 0.1) is 12.4 Å². The molecule has 0 unspecified atom stereocenters. The van der Waals surface area contributed by atoms with Gasteiger partial charge < -0.3 is 9.88 Å². The normalized spacial score (nSPS) is 10.8. The largest absolute Gasteiger partial charge is 0.341 e. The predicted molar refractivity (Wildman–Crippen MR) is 53.9 cm³/mol. The average molecular weight is 263 g/mol. The minimum absolute atomic E-state index is 0.103. The van der Waals surface area contributed by atoms with Crippen LogP contribution in [0.3, 0.4) is 0 Å². The van der Waals surface area contributed by atoms with Crippen molar-refractivity contribution in [1.82, 2.24) is 14.9 Å². The first-order valence-electron chi connectivity index (χ1n) is 4.03. The minimum Gasteiger partial charge on any atom is -0.341 e. The van der Waals surface area contributed by atoms with E-state index in [2.05, 4.69) is 10.3 Å². The van der Waals surface area contributed by atoms with Crippen molar-refractivity contribution in [2.45, 2.75) is 11.6 Å². The van der Waals surface area contributed by atoms with Crippen molar-refractivity contribution in [1.29, 1.82) is 5.26 Å². The molecular formula is C7H7ClN4O3S. The van der Waals surface area contributed by atoms with Crippen molar-refractivity contribution in [3.8, 4) is 6.07 Å². The molecule has 0 aliphatic heterocycles. The van der Waals surface area contributed by atoms with Crippen LogP contribution in [0.4, 0.5) is 0 Å². The van der Waals surface area contributed by atoms with E-state index in [1.165, 1.54) is 10.9 Å². The monoisotopic (exact) mass is 262 g/mol. The van der Waals surface area contributed by atoms with Crippen LogP contribution >= 0.6 is 10.7 Å². The predicted octanol–water partition coefficient (Wildman–Crippen LogP) is -0.550. The van der Waals surface area contributed by atoms with Gasteiger partial charge in [-0.25, -0.2) is 13.4 Å². The number of hydrogen-bond donors (Lipinski definition) is 1. The van der Waals surface area contributed by atoms with Crippen molar-refractivity contribution in [3.63, 3.8) is 0 Å². The Hall–Kier alpha value is -1.59. The Bertz CT molecular complexity index is 530. The lowest BCUT2D eigenvalue weighted by atomic mass is 10.5. The Balaban J connectivity index is 2.67. The molecule has 0 atom stereocenters. The molecule has 1 rings (SSSR count). The van der Waals surface area contributed by atoms with Crippen molar-refractivity contribution in [2.24, 2.45) is 0 Å². The van der Waals surface area contributed by atoms with Crippen LogP contribution in [0.1, 0.15) is 0 Å². The fourth-order valence-corrected chi connectivity index (χ4v) is 1.59. The summed E-state index contributed by atoms with van der Waals surface area (Å²) in [6.45, 7) is -0.227. The van der Waals surface area contributed by atoms with Crippen molar-refractivity contribution in [2.75, 3.05) is 6.54 Å². The molecule has 0 fully saturated rings. The van der Waals surface area contributed by atoms with Crippen LogP contribution in [0.15, 0.2) is 17.6 Å². The summed E-state index contributed by atoms with van der Waals surface area (Å²) in [6, 6.07) is 1.74. The summed E-state index contributed by atoms with van der Waals surface area (Å²) in [7, 11) is 1.17. The topological polar surface area (TPSA) is 105 Å². The zero-order chi connectivity index (χ0) is 12.2. The molecule has 1 amide bonds. The Morgan fingerprint density at radius 2 is 2.38 bits per heavy atom. The zero-order valence-corrected chi connectivity index (χ0v) is 9.49. The Labute approximate surface area is 96.1 Å². The number of nitrogens with zero attached hydrogens (tertiary/aromatic N) is 3. The van der Waals surface area contributed by atoms with Gasteiger partial charge in [-0.1, -0.05) is 0 Å². The highest BCUT2D eigenvalue weighted by atomic mass is 35.7. The smallest absolute Gasteiger partial charge is 0.280 e. The highest BCUT2D eigenvalue weighted by Gasteiger charge is 2.14. The molecule has 0 radical (unpaired) electrons. The molecule has 0 spiro atoms. The molecule has 0 aromatic carbocycles. The van der Waals surface area contributed by atoms with E-state index >= 15 is 0 Å². The third kappa shape index (κ3) is 3.52. The quantitative estimate of drug-likeness (QED) is 0.579. The van der Waals surface area contributed by atoms with Crippen LogP contribution < -0.4 is 5.32 Å². The van der Waals surface area contributed by atoms with Crippen molar-refractivity contribution >= 4 is 25.6 Å². The molecule has 86 valence electrons. The summed E-state index contributed by atoms with van der Waals surface area (Å²) in [4.78, 5) is 14.7. The number of nitriles is 1. The summed E-state index contributed by atoms with van der Waals surface area (Å²) in [5.41, 5.74) is 0. The highest BCUT2D eigenvalue weighted by molar-refractivity contribution is 8.13. The zero-order valence-electron chi connectivity index (χ0n) is 7.92. The average Bonchev–Trinajstić information content (AvgIpc) is 2.62. The molecule has 0 aliphatic carbocycles. The van der Waals surface area contributed by atoms with E-state index in [-0.39, 0.29) is 18.1 Å². The van der Waals surface area contributed by atoms with Crippen LogP contribution in [0.25, 0.3) is 0 Å². The summed E-state index contributed by atoms with van der Waals surface area (Å²) in [5, 5.41) is 10.2. The molecule has 1 aromatic rings. The lowest BCUT2D eigenvalue weighted by Crippen LogP contribution is -2.27. The number of amides is 1. The summed E-state index contributed by atoms with van der Waals surface area (Å²) < 4.78 is 23.0. The maximum absolute atomic E-state index is 11.1. The Morgan fingerprint density at radius 3 is 2.88 bits per heavy atom. The number of carbonyl (C=O) groups excluding carboxylic acids is 1. The first kappa shape index (κ1) is 12.5. The molecule has 16 heavy (non-hydrogen) atoms. The van der Waals surface area contributed by atoms with Crippen LogP contribution in [0.2, 0.25) is 0 Å². The summed E-state index contributed by atoms with van der Waals surface area (Å²) >= 11 is 0. The van der Waals surface area contributed by atoms with Crippen LogP contribution in [0, 0.1) is 11.3 Å². The fraction of sp³-hybridized carbons (Fsp3) is 0.286.